The van der Waals surface area contributed by atoms with Gasteiger partial charge in [-0.1, -0.05) is 0 Å². The molecule has 1 heterocycles. The van der Waals surface area contributed by atoms with Gasteiger partial charge in [0.15, 0.2) is 0 Å². The fourth-order valence-corrected chi connectivity index (χ4v) is 3.57. The lowest BCUT2D eigenvalue weighted by molar-refractivity contribution is -0.132. The van der Waals surface area contributed by atoms with E-state index in [-0.39, 0.29) is 18.9 Å². The first-order valence-electron chi connectivity index (χ1n) is 7.89. The van der Waals surface area contributed by atoms with E-state index in [1.54, 1.807) is 36.3 Å². The summed E-state index contributed by atoms with van der Waals surface area (Å²) in [7, 11) is 0.119. The highest BCUT2D eigenvalue weighted by molar-refractivity contribution is 7.92. The molecule has 0 spiro atoms. The molecule has 0 atom stereocenters. The van der Waals surface area contributed by atoms with Gasteiger partial charge in [-0.05, 0) is 31.3 Å². The van der Waals surface area contributed by atoms with E-state index < -0.39 is 10.0 Å². The molecule has 1 aromatic carbocycles. The van der Waals surface area contributed by atoms with Crippen LogP contribution in [-0.4, -0.2) is 77.3 Å². The summed E-state index contributed by atoms with van der Waals surface area (Å²) in [5, 5.41) is 0. The molecule has 7 nitrogen and oxygen atoms in total. The smallest absolute Gasteiger partial charge is 0.232 e. The molecule has 1 amide bonds. The molecule has 2 rings (SSSR count). The second-order valence-electron chi connectivity index (χ2n) is 5.97. The minimum Gasteiger partial charge on any atom is -0.497 e. The molecule has 0 bridgehead atoms. The number of likely N-dealkylation sites (N-methyl/N-ethyl adjacent to an activating group) is 1. The third-order valence-electron chi connectivity index (χ3n) is 4.15. The molecule has 0 radical (unpaired) electrons. The van der Waals surface area contributed by atoms with Crippen LogP contribution in [-0.2, 0) is 14.8 Å². The molecule has 0 aliphatic carbocycles. The second-order valence-corrected chi connectivity index (χ2v) is 7.87. The molecular weight excluding hydrogens is 330 g/mol. The summed E-state index contributed by atoms with van der Waals surface area (Å²) in [4.78, 5) is 16.3. The molecule has 134 valence electrons. The van der Waals surface area contributed by atoms with E-state index in [1.165, 1.54) is 4.31 Å². The summed E-state index contributed by atoms with van der Waals surface area (Å²) in [5.74, 6) is 0.644. The normalized spacial score (nSPS) is 16.0. The van der Waals surface area contributed by atoms with Crippen LogP contribution in [0.1, 0.15) is 6.42 Å². The molecule has 24 heavy (non-hydrogen) atoms. The molecule has 0 unspecified atom stereocenters. The minimum absolute atomic E-state index is 0.00902. The van der Waals surface area contributed by atoms with E-state index in [9.17, 15) is 13.2 Å². The molecular formula is C16H25N3O4S. The van der Waals surface area contributed by atoms with Crippen molar-refractivity contribution in [2.75, 3.05) is 57.4 Å². The number of hydrogen-bond donors (Lipinski definition) is 0. The van der Waals surface area contributed by atoms with Crippen molar-refractivity contribution >= 4 is 21.6 Å². The Balaban J connectivity index is 2.02. The first kappa shape index (κ1) is 18.5. The number of hydrogen-bond acceptors (Lipinski definition) is 5. The van der Waals surface area contributed by atoms with Gasteiger partial charge in [0, 0.05) is 39.1 Å². The van der Waals surface area contributed by atoms with Crippen LogP contribution in [0.4, 0.5) is 5.69 Å². The van der Waals surface area contributed by atoms with Crippen molar-refractivity contribution in [3.8, 4) is 5.75 Å². The lowest BCUT2D eigenvalue weighted by Gasteiger charge is -2.33. The topological polar surface area (TPSA) is 70.2 Å². The van der Waals surface area contributed by atoms with E-state index in [1.807, 2.05) is 7.05 Å². The molecule has 8 heteroatoms. The average molecular weight is 355 g/mol. The molecule has 0 saturated carbocycles. The molecule has 0 aromatic heterocycles. The molecule has 1 aliphatic heterocycles. The van der Waals surface area contributed by atoms with E-state index >= 15 is 0 Å². The summed E-state index contributed by atoms with van der Waals surface area (Å²) >= 11 is 0. The van der Waals surface area contributed by atoms with E-state index in [0.29, 0.717) is 24.5 Å². The van der Waals surface area contributed by atoms with Gasteiger partial charge in [-0.25, -0.2) is 8.42 Å². The Morgan fingerprint density at radius 2 is 1.75 bits per heavy atom. The Bertz CT molecular complexity index is 652. The summed E-state index contributed by atoms with van der Waals surface area (Å²) in [5.41, 5.74) is 0.532. The number of amides is 1. The van der Waals surface area contributed by atoms with Gasteiger partial charge in [-0.15, -0.1) is 0 Å². The first-order valence-corrected chi connectivity index (χ1v) is 9.74. The van der Waals surface area contributed by atoms with Gasteiger partial charge in [0.25, 0.3) is 0 Å². The number of carbonyl (C=O) groups is 1. The lowest BCUT2D eigenvalue weighted by Crippen LogP contribution is -2.48. The fraction of sp³-hybridized carbons (Fsp3) is 0.562. The minimum atomic E-state index is -3.46. The Morgan fingerprint density at radius 3 is 2.25 bits per heavy atom. The van der Waals surface area contributed by atoms with Crippen molar-refractivity contribution in [3.05, 3.63) is 24.3 Å². The molecule has 0 N–H and O–H groups in total. The number of benzene rings is 1. The monoisotopic (exact) mass is 355 g/mol. The molecule has 1 aromatic rings. The predicted molar refractivity (Wildman–Crippen MR) is 93.9 cm³/mol. The van der Waals surface area contributed by atoms with Crippen molar-refractivity contribution < 1.29 is 17.9 Å². The van der Waals surface area contributed by atoms with Gasteiger partial charge < -0.3 is 14.5 Å². The van der Waals surface area contributed by atoms with Crippen LogP contribution in [0.5, 0.6) is 5.75 Å². The SMILES string of the molecule is COc1ccc(N(CCC(=O)N2CCN(C)CC2)S(C)(=O)=O)cc1. The maximum Gasteiger partial charge on any atom is 0.232 e. The summed E-state index contributed by atoms with van der Waals surface area (Å²) < 4.78 is 30.5. The van der Waals surface area contributed by atoms with Gasteiger partial charge in [0.2, 0.25) is 15.9 Å². The van der Waals surface area contributed by atoms with Crippen molar-refractivity contribution in [1.82, 2.24) is 9.80 Å². The zero-order valence-electron chi connectivity index (χ0n) is 14.4. The standard InChI is InChI=1S/C16H25N3O4S/c1-17-10-12-18(13-11-17)16(20)8-9-19(24(3,21)22)14-4-6-15(23-2)7-5-14/h4-7H,8-13H2,1-3H3. The Kier molecular flexibility index (Phi) is 6.06. The number of carbonyl (C=O) groups excluding carboxylic acids is 1. The van der Waals surface area contributed by atoms with Crippen LogP contribution in [0.2, 0.25) is 0 Å². The number of rotatable bonds is 6. The van der Waals surface area contributed by atoms with Crippen LogP contribution in [0.25, 0.3) is 0 Å². The zero-order valence-corrected chi connectivity index (χ0v) is 15.3. The molecule has 1 fully saturated rings. The van der Waals surface area contributed by atoms with Gasteiger partial charge >= 0.3 is 0 Å². The van der Waals surface area contributed by atoms with Crippen LogP contribution in [0.3, 0.4) is 0 Å². The maximum atomic E-state index is 12.3. The van der Waals surface area contributed by atoms with Crippen molar-refractivity contribution in [3.63, 3.8) is 0 Å². The fourth-order valence-electron chi connectivity index (χ4n) is 2.65. The molecule has 1 saturated heterocycles. The number of sulfonamides is 1. The van der Waals surface area contributed by atoms with Crippen molar-refractivity contribution in [2.24, 2.45) is 0 Å². The Labute approximate surface area is 143 Å². The van der Waals surface area contributed by atoms with Crippen LogP contribution in [0, 0.1) is 0 Å². The third-order valence-corrected chi connectivity index (χ3v) is 5.34. The van der Waals surface area contributed by atoms with Gasteiger partial charge in [-0.3, -0.25) is 9.10 Å². The largest absolute Gasteiger partial charge is 0.497 e. The number of anilines is 1. The second kappa shape index (κ2) is 7.85. The average Bonchev–Trinajstić information content (AvgIpc) is 2.55. The van der Waals surface area contributed by atoms with E-state index in [2.05, 4.69) is 4.90 Å². The molecule has 1 aliphatic rings. The number of piperazine rings is 1. The van der Waals surface area contributed by atoms with E-state index in [4.69, 9.17) is 4.74 Å². The van der Waals surface area contributed by atoms with Crippen molar-refractivity contribution in [2.45, 2.75) is 6.42 Å². The quantitative estimate of drug-likeness (QED) is 0.748. The highest BCUT2D eigenvalue weighted by Gasteiger charge is 2.22. The predicted octanol–water partition coefficient (Wildman–Crippen LogP) is 0.625. The van der Waals surface area contributed by atoms with Crippen LogP contribution >= 0.6 is 0 Å². The van der Waals surface area contributed by atoms with Gasteiger partial charge in [0.1, 0.15) is 5.75 Å². The Hall–Kier alpha value is -1.80. The van der Waals surface area contributed by atoms with Gasteiger partial charge in [0.05, 0.1) is 19.1 Å². The summed E-state index contributed by atoms with van der Waals surface area (Å²) in [6, 6.07) is 6.77. The first-order chi connectivity index (χ1) is 11.3. The summed E-state index contributed by atoms with van der Waals surface area (Å²) in [6.45, 7) is 3.21. The van der Waals surface area contributed by atoms with E-state index in [0.717, 1.165) is 19.3 Å². The highest BCUT2D eigenvalue weighted by Crippen LogP contribution is 2.21. The lowest BCUT2D eigenvalue weighted by atomic mass is 10.2. The zero-order chi connectivity index (χ0) is 17.7. The van der Waals surface area contributed by atoms with Gasteiger partial charge in [-0.2, -0.15) is 0 Å². The van der Waals surface area contributed by atoms with Crippen LogP contribution in [0.15, 0.2) is 24.3 Å². The third kappa shape index (κ3) is 4.85. The number of ether oxygens (including phenoxy) is 1. The Morgan fingerprint density at radius 1 is 1.17 bits per heavy atom. The maximum absolute atomic E-state index is 12.3. The number of methoxy groups -OCH3 is 1. The summed E-state index contributed by atoms with van der Waals surface area (Å²) in [6.07, 6.45) is 1.32. The van der Waals surface area contributed by atoms with Crippen LogP contribution < -0.4 is 9.04 Å². The van der Waals surface area contributed by atoms with Crippen molar-refractivity contribution in [1.29, 1.82) is 0 Å². The number of nitrogens with zero attached hydrogens (tertiary/aromatic N) is 3. The highest BCUT2D eigenvalue weighted by atomic mass is 32.2.